The number of amides is 1. The number of rotatable bonds is 5. The molecule has 0 radical (unpaired) electrons. The number of nitrogens with one attached hydrogen (secondary N) is 1. The largest absolute Gasteiger partial charge is 0.494 e. The molecule has 0 bridgehead atoms. The first-order valence-electron chi connectivity index (χ1n) is 6.97. The lowest BCUT2D eigenvalue weighted by Gasteiger charge is -2.14. The van der Waals surface area contributed by atoms with Gasteiger partial charge in [-0.15, -0.1) is 0 Å². The molecule has 0 saturated carbocycles. The zero-order valence-corrected chi connectivity index (χ0v) is 11.9. The van der Waals surface area contributed by atoms with Gasteiger partial charge in [-0.3, -0.25) is 4.79 Å². The lowest BCUT2D eigenvalue weighted by atomic mass is 10.1. The molecule has 1 aliphatic rings. The highest BCUT2D eigenvalue weighted by Gasteiger charge is 2.20. The second-order valence-electron chi connectivity index (χ2n) is 5.06. The number of aryl methyl sites for hydroxylation is 1. The summed E-state index contributed by atoms with van der Waals surface area (Å²) in [6.07, 6.45) is 4.65. The van der Waals surface area contributed by atoms with E-state index in [0.717, 1.165) is 17.7 Å². The predicted molar refractivity (Wildman–Crippen MR) is 77.9 cm³/mol. The number of benzene rings is 1. The third kappa shape index (κ3) is 3.39. The minimum absolute atomic E-state index is 0.00324. The van der Waals surface area contributed by atoms with Crippen molar-refractivity contribution < 1.29 is 14.6 Å². The number of ether oxygens (including phenoxy) is 1. The Labute approximate surface area is 119 Å². The second kappa shape index (κ2) is 6.57. The van der Waals surface area contributed by atoms with E-state index in [1.165, 1.54) is 0 Å². The molecule has 20 heavy (non-hydrogen) atoms. The highest BCUT2D eigenvalue weighted by atomic mass is 16.5. The first-order chi connectivity index (χ1) is 9.63. The first kappa shape index (κ1) is 14.6. The Kier molecular flexibility index (Phi) is 4.79. The van der Waals surface area contributed by atoms with E-state index in [9.17, 15) is 4.79 Å². The van der Waals surface area contributed by atoms with E-state index in [-0.39, 0.29) is 24.5 Å². The number of aliphatic hydroxyl groups excluding tert-OH is 1. The monoisotopic (exact) mass is 275 g/mol. The van der Waals surface area contributed by atoms with Gasteiger partial charge in [-0.05, 0) is 38.0 Å². The van der Waals surface area contributed by atoms with Crippen LogP contribution < -0.4 is 10.1 Å². The summed E-state index contributed by atoms with van der Waals surface area (Å²) in [6.45, 7) is 4.58. The van der Waals surface area contributed by atoms with E-state index < -0.39 is 0 Å². The number of hydrogen-bond acceptors (Lipinski definition) is 3. The normalized spacial score (nSPS) is 20.9. The molecule has 2 atom stereocenters. The van der Waals surface area contributed by atoms with Gasteiger partial charge in [0.15, 0.2) is 0 Å². The molecular formula is C16H21NO3. The molecule has 1 aromatic rings. The Bertz CT molecular complexity index is 510. The lowest BCUT2D eigenvalue weighted by Crippen LogP contribution is -2.32. The van der Waals surface area contributed by atoms with Crippen molar-refractivity contribution in [2.75, 3.05) is 13.2 Å². The van der Waals surface area contributed by atoms with Gasteiger partial charge >= 0.3 is 0 Å². The summed E-state index contributed by atoms with van der Waals surface area (Å²) in [6, 6.07) is 5.46. The molecule has 1 amide bonds. The average molecular weight is 275 g/mol. The molecule has 0 saturated heterocycles. The predicted octanol–water partition coefficient (Wildman–Crippen LogP) is 2.06. The molecule has 4 nitrogen and oxygen atoms in total. The van der Waals surface area contributed by atoms with Crippen molar-refractivity contribution in [3.8, 4) is 5.75 Å². The third-order valence-electron chi connectivity index (χ3n) is 3.47. The van der Waals surface area contributed by atoms with E-state index in [2.05, 4.69) is 5.32 Å². The summed E-state index contributed by atoms with van der Waals surface area (Å²) in [5, 5.41) is 12.0. The molecule has 108 valence electrons. The molecule has 0 unspecified atom stereocenters. The average Bonchev–Trinajstić information content (AvgIpc) is 2.89. The van der Waals surface area contributed by atoms with Crippen molar-refractivity contribution in [3.05, 3.63) is 41.5 Å². The number of carbonyl (C=O) groups excluding carboxylic acids is 1. The second-order valence-corrected chi connectivity index (χ2v) is 5.06. The van der Waals surface area contributed by atoms with Crippen LogP contribution in [-0.2, 0) is 0 Å². The Morgan fingerprint density at radius 3 is 2.90 bits per heavy atom. The number of aliphatic hydroxyl groups is 1. The molecule has 0 heterocycles. The maximum absolute atomic E-state index is 12.2. The van der Waals surface area contributed by atoms with Gasteiger partial charge < -0.3 is 15.2 Å². The summed E-state index contributed by atoms with van der Waals surface area (Å²) in [5.74, 6) is 0.784. The van der Waals surface area contributed by atoms with Gasteiger partial charge in [0, 0.05) is 24.1 Å². The summed E-state index contributed by atoms with van der Waals surface area (Å²) < 4.78 is 5.50. The molecule has 1 aromatic carbocycles. The van der Waals surface area contributed by atoms with Crippen LogP contribution in [0.25, 0.3) is 0 Å². The quantitative estimate of drug-likeness (QED) is 0.809. The van der Waals surface area contributed by atoms with Crippen LogP contribution in [0.1, 0.15) is 29.3 Å². The smallest absolute Gasteiger partial charge is 0.251 e. The van der Waals surface area contributed by atoms with Gasteiger partial charge in [-0.2, -0.15) is 0 Å². The highest BCUT2D eigenvalue weighted by molar-refractivity contribution is 5.95. The van der Waals surface area contributed by atoms with Crippen LogP contribution in [0.3, 0.4) is 0 Å². The van der Waals surface area contributed by atoms with Crippen molar-refractivity contribution >= 4 is 5.91 Å². The molecule has 1 aliphatic carbocycles. The Hall–Kier alpha value is -1.81. The maximum atomic E-state index is 12.2. The maximum Gasteiger partial charge on any atom is 0.251 e. The fraction of sp³-hybridized carbons (Fsp3) is 0.438. The van der Waals surface area contributed by atoms with Crippen LogP contribution in [-0.4, -0.2) is 30.3 Å². The van der Waals surface area contributed by atoms with Crippen molar-refractivity contribution in [2.45, 2.75) is 26.3 Å². The third-order valence-corrected chi connectivity index (χ3v) is 3.47. The van der Waals surface area contributed by atoms with Crippen LogP contribution in [0.5, 0.6) is 5.75 Å². The number of carbonyl (C=O) groups is 1. The van der Waals surface area contributed by atoms with E-state index in [1.54, 1.807) is 12.1 Å². The van der Waals surface area contributed by atoms with E-state index in [4.69, 9.17) is 9.84 Å². The van der Waals surface area contributed by atoms with Gasteiger partial charge in [0.25, 0.3) is 5.91 Å². The molecule has 0 aromatic heterocycles. The minimum atomic E-state index is -0.112. The van der Waals surface area contributed by atoms with E-state index in [0.29, 0.717) is 12.2 Å². The van der Waals surface area contributed by atoms with Gasteiger partial charge in [-0.25, -0.2) is 0 Å². The van der Waals surface area contributed by atoms with Crippen LogP contribution >= 0.6 is 0 Å². The molecular weight excluding hydrogens is 254 g/mol. The lowest BCUT2D eigenvalue weighted by molar-refractivity contribution is 0.0940. The topological polar surface area (TPSA) is 58.6 Å². The summed E-state index contributed by atoms with van der Waals surface area (Å²) in [4.78, 5) is 12.2. The Balaban J connectivity index is 2.02. The van der Waals surface area contributed by atoms with Gasteiger partial charge in [0.2, 0.25) is 0 Å². The van der Waals surface area contributed by atoms with Gasteiger partial charge in [-0.1, -0.05) is 18.2 Å². The van der Waals surface area contributed by atoms with Gasteiger partial charge in [0.05, 0.1) is 6.61 Å². The number of hydrogen-bond donors (Lipinski definition) is 2. The zero-order valence-electron chi connectivity index (χ0n) is 11.9. The SMILES string of the molecule is CCOc1cc(C(=O)N[C@@H]2C=C[C@H](CO)C2)ccc1C. The minimum Gasteiger partial charge on any atom is -0.494 e. The van der Waals surface area contributed by atoms with Crippen LogP contribution in [0.15, 0.2) is 30.4 Å². The van der Waals surface area contributed by atoms with Crippen LogP contribution in [0.4, 0.5) is 0 Å². The summed E-state index contributed by atoms with van der Waals surface area (Å²) in [5.41, 5.74) is 1.62. The van der Waals surface area contributed by atoms with Crippen molar-refractivity contribution in [2.24, 2.45) is 5.92 Å². The van der Waals surface area contributed by atoms with Crippen molar-refractivity contribution in [1.29, 1.82) is 0 Å². The fourth-order valence-electron chi connectivity index (χ4n) is 2.32. The van der Waals surface area contributed by atoms with Crippen molar-refractivity contribution in [3.63, 3.8) is 0 Å². The molecule has 4 heteroatoms. The molecule has 2 N–H and O–H groups in total. The van der Waals surface area contributed by atoms with Gasteiger partial charge in [0.1, 0.15) is 5.75 Å². The van der Waals surface area contributed by atoms with E-state index >= 15 is 0 Å². The molecule has 0 aliphatic heterocycles. The Morgan fingerprint density at radius 1 is 1.45 bits per heavy atom. The van der Waals surface area contributed by atoms with Crippen LogP contribution in [0, 0.1) is 12.8 Å². The van der Waals surface area contributed by atoms with Crippen LogP contribution in [0.2, 0.25) is 0 Å². The first-order valence-corrected chi connectivity index (χ1v) is 6.97. The Morgan fingerprint density at radius 2 is 2.25 bits per heavy atom. The highest BCUT2D eigenvalue weighted by Crippen LogP contribution is 2.21. The standard InChI is InChI=1S/C16H21NO3/c1-3-20-15-9-13(6-4-11(15)2)16(19)17-14-7-5-12(8-14)10-18/h4-7,9,12,14,18H,3,8,10H2,1-2H3,(H,17,19)/t12-,14+/m0/s1. The molecule has 0 fully saturated rings. The van der Waals surface area contributed by atoms with Crippen molar-refractivity contribution in [1.82, 2.24) is 5.32 Å². The summed E-state index contributed by atoms with van der Waals surface area (Å²) in [7, 11) is 0. The zero-order chi connectivity index (χ0) is 14.5. The molecule has 2 rings (SSSR count). The van der Waals surface area contributed by atoms with E-state index in [1.807, 2.05) is 32.1 Å². The molecule has 0 spiro atoms. The fourth-order valence-corrected chi connectivity index (χ4v) is 2.32. The summed E-state index contributed by atoms with van der Waals surface area (Å²) >= 11 is 0.